The Balaban J connectivity index is 1.49. The van der Waals surface area contributed by atoms with E-state index in [2.05, 4.69) is 29.7 Å². The number of hydrogen-bond donors (Lipinski definition) is 2. The van der Waals surface area contributed by atoms with Gasteiger partial charge in [-0.05, 0) is 50.5 Å². The fourth-order valence-corrected chi connectivity index (χ4v) is 2.40. The molecule has 1 atom stereocenters. The van der Waals surface area contributed by atoms with Crippen molar-refractivity contribution in [2.75, 3.05) is 31.7 Å². The highest BCUT2D eigenvalue weighted by Gasteiger charge is 2.14. The van der Waals surface area contributed by atoms with Crippen LogP contribution in [0.2, 0.25) is 0 Å². The molecule has 4 nitrogen and oxygen atoms in total. The molecular formula is C16H24N2O2S. The van der Waals surface area contributed by atoms with Crippen LogP contribution in [0, 0.1) is 6.92 Å². The monoisotopic (exact) mass is 308 g/mol. The van der Waals surface area contributed by atoms with Gasteiger partial charge in [-0.25, -0.2) is 0 Å². The highest BCUT2D eigenvalue weighted by Crippen LogP contribution is 2.11. The molecule has 0 unspecified atom stereocenters. The van der Waals surface area contributed by atoms with Crippen molar-refractivity contribution in [1.82, 2.24) is 5.32 Å². The second-order valence-corrected chi connectivity index (χ2v) is 5.72. The Morgan fingerprint density at radius 1 is 1.38 bits per heavy atom. The van der Waals surface area contributed by atoms with Crippen molar-refractivity contribution < 1.29 is 9.47 Å². The molecule has 0 aliphatic carbocycles. The van der Waals surface area contributed by atoms with E-state index in [1.807, 2.05) is 12.1 Å². The van der Waals surface area contributed by atoms with E-state index < -0.39 is 0 Å². The summed E-state index contributed by atoms with van der Waals surface area (Å²) in [4.78, 5) is 0. The second kappa shape index (κ2) is 8.97. The normalized spacial score (nSPS) is 17.7. The maximum absolute atomic E-state index is 5.60. The molecule has 116 valence electrons. The van der Waals surface area contributed by atoms with Crippen LogP contribution < -0.4 is 10.6 Å². The molecule has 2 N–H and O–H groups in total. The van der Waals surface area contributed by atoms with Crippen molar-refractivity contribution in [1.29, 1.82) is 0 Å². The molecule has 1 fully saturated rings. The van der Waals surface area contributed by atoms with Crippen LogP contribution in [0.1, 0.15) is 24.8 Å². The van der Waals surface area contributed by atoms with Gasteiger partial charge in [0, 0.05) is 25.4 Å². The average molecular weight is 308 g/mol. The number of benzene rings is 1. The van der Waals surface area contributed by atoms with Gasteiger partial charge in [-0.3, -0.25) is 0 Å². The van der Waals surface area contributed by atoms with Gasteiger partial charge in [-0.1, -0.05) is 17.7 Å². The standard InChI is InChI=1S/C16H24N2O2S/c1-13-5-7-14(8-6-13)18-16(21)17-9-3-10-19-12-15-4-2-11-20-15/h5-8,15H,2-4,9-12H2,1H3,(H2,17,18,21)/t15-/m1/s1. The first-order chi connectivity index (χ1) is 10.2. The van der Waals surface area contributed by atoms with Gasteiger partial charge in [0.2, 0.25) is 0 Å². The number of thiocarbonyl (C=S) groups is 1. The minimum absolute atomic E-state index is 0.308. The molecule has 1 aliphatic heterocycles. The predicted octanol–water partition coefficient (Wildman–Crippen LogP) is 2.87. The number of aryl methyl sites for hydroxylation is 1. The molecule has 1 saturated heterocycles. The Hall–Kier alpha value is -1.17. The SMILES string of the molecule is Cc1ccc(NC(=S)NCCCOC[C@H]2CCCO2)cc1. The predicted molar refractivity (Wildman–Crippen MR) is 89.8 cm³/mol. The fraction of sp³-hybridized carbons (Fsp3) is 0.562. The zero-order chi connectivity index (χ0) is 14.9. The van der Waals surface area contributed by atoms with Crippen LogP contribution >= 0.6 is 12.2 Å². The van der Waals surface area contributed by atoms with Gasteiger partial charge in [0.1, 0.15) is 0 Å². The first kappa shape index (κ1) is 16.2. The zero-order valence-electron chi connectivity index (χ0n) is 12.6. The summed E-state index contributed by atoms with van der Waals surface area (Å²) < 4.78 is 11.1. The van der Waals surface area contributed by atoms with Crippen LogP contribution in [0.3, 0.4) is 0 Å². The molecule has 1 aromatic carbocycles. The summed E-state index contributed by atoms with van der Waals surface area (Å²) in [5.74, 6) is 0. The lowest BCUT2D eigenvalue weighted by molar-refractivity contribution is 0.0168. The Morgan fingerprint density at radius 2 is 2.19 bits per heavy atom. The summed E-state index contributed by atoms with van der Waals surface area (Å²) in [6.45, 7) is 5.21. The first-order valence-corrected chi connectivity index (χ1v) is 7.96. The summed E-state index contributed by atoms with van der Waals surface area (Å²) in [5.41, 5.74) is 2.25. The van der Waals surface area contributed by atoms with Crippen molar-refractivity contribution in [2.45, 2.75) is 32.3 Å². The van der Waals surface area contributed by atoms with Crippen molar-refractivity contribution in [2.24, 2.45) is 0 Å². The van der Waals surface area contributed by atoms with Crippen LogP contribution in [0.25, 0.3) is 0 Å². The summed E-state index contributed by atoms with van der Waals surface area (Å²) >= 11 is 5.25. The van der Waals surface area contributed by atoms with Crippen molar-refractivity contribution in [3.05, 3.63) is 29.8 Å². The zero-order valence-corrected chi connectivity index (χ0v) is 13.4. The van der Waals surface area contributed by atoms with Crippen molar-refractivity contribution in [3.8, 4) is 0 Å². The summed E-state index contributed by atoms with van der Waals surface area (Å²) in [5, 5.41) is 7.00. The van der Waals surface area contributed by atoms with Gasteiger partial charge in [0.25, 0.3) is 0 Å². The van der Waals surface area contributed by atoms with Crippen LogP contribution in [-0.2, 0) is 9.47 Å². The third kappa shape index (κ3) is 6.42. The average Bonchev–Trinajstić information content (AvgIpc) is 2.98. The van der Waals surface area contributed by atoms with Gasteiger partial charge in [-0.15, -0.1) is 0 Å². The minimum atomic E-state index is 0.308. The van der Waals surface area contributed by atoms with Crippen molar-refractivity contribution >= 4 is 23.0 Å². The molecule has 1 heterocycles. The van der Waals surface area contributed by atoms with E-state index in [4.69, 9.17) is 21.7 Å². The Labute approximate surface area is 132 Å². The van der Waals surface area contributed by atoms with Gasteiger partial charge < -0.3 is 20.1 Å². The summed E-state index contributed by atoms with van der Waals surface area (Å²) in [6, 6.07) is 8.16. The van der Waals surface area contributed by atoms with E-state index in [-0.39, 0.29) is 0 Å². The molecule has 0 spiro atoms. The topological polar surface area (TPSA) is 42.5 Å². The lowest BCUT2D eigenvalue weighted by Gasteiger charge is -2.12. The number of rotatable bonds is 7. The molecule has 1 aliphatic rings. The lowest BCUT2D eigenvalue weighted by atomic mass is 10.2. The third-order valence-electron chi connectivity index (χ3n) is 3.39. The van der Waals surface area contributed by atoms with Gasteiger partial charge in [0.15, 0.2) is 5.11 Å². The molecular weight excluding hydrogens is 284 g/mol. The van der Waals surface area contributed by atoms with E-state index in [0.717, 1.165) is 44.7 Å². The molecule has 0 amide bonds. The van der Waals surface area contributed by atoms with E-state index in [0.29, 0.717) is 17.8 Å². The molecule has 2 rings (SSSR count). The maximum Gasteiger partial charge on any atom is 0.170 e. The van der Waals surface area contributed by atoms with Crippen LogP contribution in [0.15, 0.2) is 24.3 Å². The fourth-order valence-electron chi connectivity index (χ4n) is 2.18. The van der Waals surface area contributed by atoms with Crippen LogP contribution in [-0.4, -0.2) is 37.6 Å². The smallest absolute Gasteiger partial charge is 0.170 e. The van der Waals surface area contributed by atoms with Crippen molar-refractivity contribution in [3.63, 3.8) is 0 Å². The first-order valence-electron chi connectivity index (χ1n) is 7.55. The van der Waals surface area contributed by atoms with E-state index in [1.54, 1.807) is 0 Å². The number of anilines is 1. The minimum Gasteiger partial charge on any atom is -0.379 e. The number of hydrogen-bond acceptors (Lipinski definition) is 3. The molecule has 21 heavy (non-hydrogen) atoms. The maximum atomic E-state index is 5.60. The summed E-state index contributed by atoms with van der Waals surface area (Å²) in [7, 11) is 0. The Bertz CT molecular complexity index is 430. The lowest BCUT2D eigenvalue weighted by Crippen LogP contribution is -2.30. The molecule has 5 heteroatoms. The Kier molecular flexibility index (Phi) is 6.92. The summed E-state index contributed by atoms with van der Waals surface area (Å²) in [6.07, 6.45) is 3.53. The largest absolute Gasteiger partial charge is 0.379 e. The van der Waals surface area contributed by atoms with E-state index in [9.17, 15) is 0 Å². The third-order valence-corrected chi connectivity index (χ3v) is 3.63. The van der Waals surface area contributed by atoms with Crippen LogP contribution in [0.4, 0.5) is 5.69 Å². The molecule has 1 aromatic rings. The van der Waals surface area contributed by atoms with Gasteiger partial charge in [-0.2, -0.15) is 0 Å². The van der Waals surface area contributed by atoms with Crippen LogP contribution in [0.5, 0.6) is 0 Å². The highest BCUT2D eigenvalue weighted by molar-refractivity contribution is 7.80. The van der Waals surface area contributed by atoms with Gasteiger partial charge in [0.05, 0.1) is 12.7 Å². The molecule has 0 radical (unpaired) electrons. The highest BCUT2D eigenvalue weighted by atomic mass is 32.1. The quantitative estimate of drug-likeness (QED) is 0.599. The second-order valence-electron chi connectivity index (χ2n) is 5.31. The molecule has 0 saturated carbocycles. The number of nitrogens with one attached hydrogen (secondary N) is 2. The molecule has 0 bridgehead atoms. The van der Waals surface area contributed by atoms with Gasteiger partial charge >= 0.3 is 0 Å². The van der Waals surface area contributed by atoms with E-state index >= 15 is 0 Å². The molecule has 0 aromatic heterocycles. The number of ether oxygens (including phenoxy) is 2. The Morgan fingerprint density at radius 3 is 2.90 bits per heavy atom. The van der Waals surface area contributed by atoms with E-state index in [1.165, 1.54) is 5.56 Å².